The average molecular weight is 343 g/mol. The molecule has 0 atom stereocenters. The SMILES string of the molecule is CCOC(=O)Cc1cnc(C(F)F)c(CCl)c1Br. The minimum absolute atomic E-state index is 0.0329. The van der Waals surface area contributed by atoms with E-state index in [1.165, 1.54) is 6.20 Å². The number of hydrogen-bond donors (Lipinski definition) is 0. The van der Waals surface area contributed by atoms with Crippen LogP contribution in [0.4, 0.5) is 8.78 Å². The van der Waals surface area contributed by atoms with E-state index >= 15 is 0 Å². The third-order valence-electron chi connectivity index (χ3n) is 2.20. The highest BCUT2D eigenvalue weighted by Gasteiger charge is 2.20. The molecule has 1 heterocycles. The fraction of sp³-hybridized carbons (Fsp3) is 0.455. The molecule has 0 aromatic carbocycles. The number of carbonyl (C=O) groups excluding carboxylic acids is 1. The fourth-order valence-electron chi connectivity index (χ4n) is 1.39. The lowest BCUT2D eigenvalue weighted by atomic mass is 10.1. The van der Waals surface area contributed by atoms with Crippen LogP contribution >= 0.6 is 27.5 Å². The van der Waals surface area contributed by atoms with Gasteiger partial charge in [-0.15, -0.1) is 11.6 Å². The van der Waals surface area contributed by atoms with Crippen LogP contribution in [0.3, 0.4) is 0 Å². The maximum absolute atomic E-state index is 12.7. The molecular formula is C11H11BrClF2NO2. The highest BCUT2D eigenvalue weighted by Crippen LogP contribution is 2.31. The number of halogens is 4. The number of ether oxygens (including phenoxy) is 1. The largest absolute Gasteiger partial charge is 0.466 e. The molecule has 1 aromatic heterocycles. The molecule has 1 rings (SSSR count). The Balaban J connectivity index is 3.05. The van der Waals surface area contributed by atoms with Crippen LogP contribution in [0.1, 0.15) is 30.2 Å². The van der Waals surface area contributed by atoms with Crippen molar-refractivity contribution in [1.29, 1.82) is 0 Å². The van der Waals surface area contributed by atoms with E-state index in [0.717, 1.165) is 0 Å². The van der Waals surface area contributed by atoms with Crippen molar-refractivity contribution in [2.45, 2.75) is 25.7 Å². The summed E-state index contributed by atoms with van der Waals surface area (Å²) in [5.74, 6) is -0.547. The molecule has 0 saturated carbocycles. The monoisotopic (exact) mass is 341 g/mol. The maximum atomic E-state index is 12.7. The van der Waals surface area contributed by atoms with E-state index in [4.69, 9.17) is 16.3 Å². The van der Waals surface area contributed by atoms with Crippen LogP contribution in [-0.2, 0) is 21.8 Å². The molecule has 0 aliphatic rings. The Morgan fingerprint density at radius 1 is 1.61 bits per heavy atom. The molecule has 0 spiro atoms. The van der Waals surface area contributed by atoms with Crippen molar-refractivity contribution < 1.29 is 18.3 Å². The number of carbonyl (C=O) groups is 1. The van der Waals surface area contributed by atoms with Crippen LogP contribution in [0, 0.1) is 0 Å². The van der Waals surface area contributed by atoms with Crippen molar-refractivity contribution in [2.75, 3.05) is 6.61 Å². The summed E-state index contributed by atoms with van der Waals surface area (Å²) in [5.41, 5.74) is 0.312. The van der Waals surface area contributed by atoms with Crippen molar-refractivity contribution in [2.24, 2.45) is 0 Å². The molecule has 0 amide bonds. The Labute approximate surface area is 117 Å². The summed E-state index contributed by atoms with van der Waals surface area (Å²) in [5, 5.41) is 0. The van der Waals surface area contributed by atoms with E-state index in [0.29, 0.717) is 10.0 Å². The van der Waals surface area contributed by atoms with Gasteiger partial charge in [-0.1, -0.05) is 15.9 Å². The molecule has 0 radical (unpaired) electrons. The Hall–Kier alpha value is -0.750. The predicted molar refractivity (Wildman–Crippen MR) is 66.8 cm³/mol. The summed E-state index contributed by atoms with van der Waals surface area (Å²) >= 11 is 8.81. The van der Waals surface area contributed by atoms with Crippen molar-refractivity contribution in [1.82, 2.24) is 4.98 Å². The Morgan fingerprint density at radius 2 is 2.28 bits per heavy atom. The van der Waals surface area contributed by atoms with E-state index in [2.05, 4.69) is 20.9 Å². The van der Waals surface area contributed by atoms with Gasteiger partial charge in [0.1, 0.15) is 5.69 Å². The Morgan fingerprint density at radius 3 is 2.78 bits per heavy atom. The Bertz CT molecular complexity index is 443. The quantitative estimate of drug-likeness (QED) is 0.606. The average Bonchev–Trinajstić information content (AvgIpc) is 2.31. The molecule has 0 fully saturated rings. The van der Waals surface area contributed by atoms with E-state index < -0.39 is 12.4 Å². The molecular weight excluding hydrogens is 331 g/mol. The zero-order valence-corrected chi connectivity index (χ0v) is 11.9. The van der Waals surface area contributed by atoms with Crippen LogP contribution < -0.4 is 0 Å². The van der Waals surface area contributed by atoms with Gasteiger partial charge in [0.05, 0.1) is 18.9 Å². The van der Waals surface area contributed by atoms with E-state index in [1.807, 2.05) is 0 Å². The first-order chi connectivity index (χ1) is 8.51. The zero-order chi connectivity index (χ0) is 13.7. The van der Waals surface area contributed by atoms with Gasteiger partial charge in [-0.05, 0) is 12.5 Å². The third kappa shape index (κ3) is 3.62. The first-order valence-electron chi connectivity index (χ1n) is 5.17. The van der Waals surface area contributed by atoms with Gasteiger partial charge in [-0.3, -0.25) is 9.78 Å². The third-order valence-corrected chi connectivity index (χ3v) is 3.45. The number of rotatable bonds is 5. The molecule has 0 saturated heterocycles. The number of alkyl halides is 3. The second-order valence-electron chi connectivity index (χ2n) is 3.38. The molecule has 0 bridgehead atoms. The van der Waals surface area contributed by atoms with Crippen LogP contribution in [0.2, 0.25) is 0 Å². The molecule has 18 heavy (non-hydrogen) atoms. The number of nitrogens with zero attached hydrogens (tertiary/aromatic N) is 1. The van der Waals surface area contributed by atoms with Gasteiger partial charge in [0.2, 0.25) is 0 Å². The lowest BCUT2D eigenvalue weighted by Gasteiger charge is -2.11. The summed E-state index contributed by atoms with van der Waals surface area (Å²) in [7, 11) is 0. The topological polar surface area (TPSA) is 39.2 Å². The second-order valence-corrected chi connectivity index (χ2v) is 4.44. The van der Waals surface area contributed by atoms with Crippen LogP contribution in [0.15, 0.2) is 10.7 Å². The predicted octanol–water partition coefficient (Wildman–Crippen LogP) is 3.63. The molecule has 7 heteroatoms. The van der Waals surface area contributed by atoms with Crippen molar-refractivity contribution in [3.63, 3.8) is 0 Å². The summed E-state index contributed by atoms with van der Waals surface area (Å²) < 4.78 is 30.5. The standard InChI is InChI=1S/C11H11BrClF2NO2/c1-2-18-8(17)3-6-5-16-10(11(14)15)7(4-13)9(6)12/h5,11H,2-4H2,1H3. The summed E-state index contributed by atoms with van der Waals surface area (Å²) in [6.45, 7) is 1.96. The van der Waals surface area contributed by atoms with Gasteiger partial charge < -0.3 is 4.74 Å². The van der Waals surface area contributed by atoms with Gasteiger partial charge in [-0.2, -0.15) is 0 Å². The molecule has 0 aliphatic carbocycles. The first kappa shape index (κ1) is 15.3. The number of esters is 1. The molecule has 0 N–H and O–H groups in total. The Kier molecular flexibility index (Phi) is 5.95. The highest BCUT2D eigenvalue weighted by molar-refractivity contribution is 9.10. The van der Waals surface area contributed by atoms with Crippen molar-refractivity contribution in [3.8, 4) is 0 Å². The number of aromatic nitrogens is 1. The van der Waals surface area contributed by atoms with E-state index in [9.17, 15) is 13.6 Å². The lowest BCUT2D eigenvalue weighted by molar-refractivity contribution is -0.142. The summed E-state index contributed by atoms with van der Waals surface area (Å²) in [6, 6.07) is 0. The fourth-order valence-corrected chi connectivity index (χ4v) is 2.41. The first-order valence-corrected chi connectivity index (χ1v) is 6.49. The normalized spacial score (nSPS) is 10.8. The van der Waals surface area contributed by atoms with Gasteiger partial charge in [0, 0.05) is 16.2 Å². The van der Waals surface area contributed by atoms with Gasteiger partial charge >= 0.3 is 5.97 Å². The molecule has 0 aliphatic heterocycles. The van der Waals surface area contributed by atoms with Crippen molar-refractivity contribution in [3.05, 3.63) is 27.5 Å². The van der Waals surface area contributed by atoms with Gasteiger partial charge in [0.25, 0.3) is 6.43 Å². The van der Waals surface area contributed by atoms with Crippen LogP contribution in [0.5, 0.6) is 0 Å². The van der Waals surface area contributed by atoms with Crippen LogP contribution in [-0.4, -0.2) is 17.6 Å². The number of pyridine rings is 1. The smallest absolute Gasteiger partial charge is 0.310 e. The minimum Gasteiger partial charge on any atom is -0.466 e. The summed E-state index contributed by atoms with van der Waals surface area (Å²) in [6.07, 6.45) is -1.50. The van der Waals surface area contributed by atoms with E-state index in [-0.39, 0.29) is 30.2 Å². The maximum Gasteiger partial charge on any atom is 0.310 e. The minimum atomic E-state index is -2.70. The summed E-state index contributed by atoms with van der Waals surface area (Å²) in [4.78, 5) is 15.0. The van der Waals surface area contributed by atoms with Gasteiger partial charge in [-0.25, -0.2) is 8.78 Å². The van der Waals surface area contributed by atoms with Gasteiger partial charge in [0.15, 0.2) is 0 Å². The zero-order valence-electron chi connectivity index (χ0n) is 9.55. The molecule has 0 unspecified atom stereocenters. The van der Waals surface area contributed by atoms with Crippen molar-refractivity contribution >= 4 is 33.5 Å². The number of hydrogen-bond acceptors (Lipinski definition) is 3. The molecule has 3 nitrogen and oxygen atoms in total. The van der Waals surface area contributed by atoms with Crippen LogP contribution in [0.25, 0.3) is 0 Å². The van der Waals surface area contributed by atoms with E-state index in [1.54, 1.807) is 6.92 Å². The lowest BCUT2D eigenvalue weighted by Crippen LogP contribution is -2.10. The highest BCUT2D eigenvalue weighted by atomic mass is 79.9. The second kappa shape index (κ2) is 6.99. The molecule has 100 valence electrons. The molecule has 1 aromatic rings.